The van der Waals surface area contributed by atoms with E-state index in [4.69, 9.17) is 19.9 Å². The minimum Gasteiger partial charge on any atom is -0.256 e. The first-order valence-corrected chi connectivity index (χ1v) is 16.1. The van der Waals surface area contributed by atoms with Crippen molar-refractivity contribution >= 4 is 22.1 Å². The zero-order valence-corrected chi connectivity index (χ0v) is 27.2. The number of benzene rings is 4. The number of hydrogen-bond acceptors (Lipinski definition) is 6. The van der Waals surface area contributed by atoms with E-state index in [9.17, 15) is 0 Å². The summed E-state index contributed by atoms with van der Waals surface area (Å²) in [6, 6.07) is 41.6. The summed E-state index contributed by atoms with van der Waals surface area (Å²) >= 11 is 0. The quantitative estimate of drug-likeness (QED) is 0.191. The van der Waals surface area contributed by atoms with Gasteiger partial charge in [-0.1, -0.05) is 109 Å². The largest absolute Gasteiger partial charge is 0.256 e. The lowest BCUT2D eigenvalue weighted by Crippen LogP contribution is -1.99. The molecule has 0 aliphatic rings. The average molecular weight is 621 g/mol. The van der Waals surface area contributed by atoms with E-state index in [1.54, 1.807) is 0 Å². The molecule has 0 amide bonds. The van der Waals surface area contributed by atoms with Gasteiger partial charge in [-0.05, 0) is 51.0 Å². The predicted octanol–water partition coefficient (Wildman–Crippen LogP) is 9.93. The number of nitrogens with zero attached hydrogens (tertiary/aromatic N) is 6. The second-order valence-corrected chi connectivity index (χ2v) is 12.2. The molecule has 0 unspecified atom stereocenters. The molecule has 0 N–H and O–H groups in total. The van der Waals surface area contributed by atoms with Crippen molar-refractivity contribution in [3.63, 3.8) is 0 Å². The van der Waals surface area contributed by atoms with Gasteiger partial charge in [0.2, 0.25) is 0 Å². The summed E-state index contributed by atoms with van der Waals surface area (Å²) in [4.78, 5) is 29.7. The molecule has 0 saturated heterocycles. The van der Waals surface area contributed by atoms with Crippen molar-refractivity contribution in [3.05, 3.63) is 144 Å². The maximum Gasteiger partial charge on any atom is 0.111 e. The monoisotopic (exact) mass is 620 g/mol. The van der Waals surface area contributed by atoms with E-state index in [1.807, 2.05) is 76.2 Å². The van der Waals surface area contributed by atoms with E-state index in [0.29, 0.717) is 0 Å². The first kappa shape index (κ1) is 29.3. The fraction of sp³-hybridized carbons (Fsp3) is 0.0952. The Morgan fingerprint density at radius 3 is 1.00 bits per heavy atom. The fourth-order valence-corrected chi connectivity index (χ4v) is 6.36. The van der Waals surface area contributed by atoms with Crippen LogP contribution in [0.5, 0.6) is 0 Å². The Bertz CT molecular complexity index is 2280. The second-order valence-electron chi connectivity index (χ2n) is 12.2. The third-order valence-corrected chi connectivity index (χ3v) is 8.65. The number of hydrogen-bond donors (Lipinski definition) is 0. The Morgan fingerprint density at radius 1 is 0.312 bits per heavy atom. The van der Waals surface area contributed by atoms with Crippen LogP contribution in [-0.4, -0.2) is 29.9 Å². The van der Waals surface area contributed by atoms with Crippen LogP contribution in [0.25, 0.3) is 78.2 Å². The maximum atomic E-state index is 5.14. The number of aryl methyl sites for hydroxylation is 4. The van der Waals surface area contributed by atoms with Crippen molar-refractivity contribution in [1.82, 2.24) is 29.9 Å². The molecule has 4 heterocycles. The van der Waals surface area contributed by atoms with Gasteiger partial charge in [0.25, 0.3) is 0 Å². The topological polar surface area (TPSA) is 77.3 Å². The molecule has 48 heavy (non-hydrogen) atoms. The van der Waals surface area contributed by atoms with Gasteiger partial charge in [0.15, 0.2) is 0 Å². The molecular weight excluding hydrogens is 589 g/mol. The van der Waals surface area contributed by atoms with Crippen molar-refractivity contribution in [3.8, 4) is 56.2 Å². The minimum atomic E-state index is 0.827. The van der Waals surface area contributed by atoms with Gasteiger partial charge >= 0.3 is 0 Å². The molecular formula is C42H32N6. The van der Waals surface area contributed by atoms with Crippen LogP contribution in [0.15, 0.2) is 121 Å². The SMILES string of the molecule is Cc1cc2nc(-c3ccc(-c4ccc(-c5nc6cc(C)nc(C)c6nc5-c5ccccc5)cc4)cc3)c(-c3ccccc3)nc2c(C)n1. The molecule has 6 nitrogen and oxygen atoms in total. The van der Waals surface area contributed by atoms with Crippen molar-refractivity contribution in [2.45, 2.75) is 27.7 Å². The normalized spacial score (nSPS) is 11.3. The average Bonchev–Trinajstić information content (AvgIpc) is 3.11. The van der Waals surface area contributed by atoms with E-state index in [-0.39, 0.29) is 0 Å². The molecule has 230 valence electrons. The highest BCUT2D eigenvalue weighted by Gasteiger charge is 2.17. The summed E-state index contributed by atoms with van der Waals surface area (Å²) in [5.41, 5.74) is 16.7. The third kappa shape index (κ3) is 5.37. The van der Waals surface area contributed by atoms with Gasteiger partial charge in [-0.2, -0.15) is 0 Å². The third-order valence-electron chi connectivity index (χ3n) is 8.65. The minimum absolute atomic E-state index is 0.827. The Labute approximate surface area is 279 Å². The molecule has 0 spiro atoms. The van der Waals surface area contributed by atoms with Gasteiger partial charge < -0.3 is 0 Å². The zero-order chi connectivity index (χ0) is 32.8. The number of pyridine rings is 2. The van der Waals surface area contributed by atoms with Crippen LogP contribution in [0.4, 0.5) is 0 Å². The summed E-state index contributed by atoms with van der Waals surface area (Å²) in [5.74, 6) is 0. The summed E-state index contributed by atoms with van der Waals surface area (Å²) in [5, 5.41) is 0. The van der Waals surface area contributed by atoms with Crippen LogP contribution < -0.4 is 0 Å². The van der Waals surface area contributed by atoms with Gasteiger partial charge in [-0.15, -0.1) is 0 Å². The lowest BCUT2D eigenvalue weighted by Gasteiger charge is -2.13. The molecule has 0 aliphatic heterocycles. The van der Waals surface area contributed by atoms with E-state index in [1.165, 1.54) is 0 Å². The van der Waals surface area contributed by atoms with Crippen LogP contribution in [0.2, 0.25) is 0 Å². The Morgan fingerprint density at radius 2 is 0.625 bits per heavy atom. The van der Waals surface area contributed by atoms with Crippen molar-refractivity contribution in [1.29, 1.82) is 0 Å². The first-order chi connectivity index (χ1) is 23.4. The highest BCUT2D eigenvalue weighted by molar-refractivity contribution is 5.89. The lowest BCUT2D eigenvalue weighted by molar-refractivity contribution is 1.12. The van der Waals surface area contributed by atoms with E-state index >= 15 is 0 Å². The first-order valence-electron chi connectivity index (χ1n) is 16.1. The van der Waals surface area contributed by atoms with Gasteiger partial charge in [-0.25, -0.2) is 19.9 Å². The Kier molecular flexibility index (Phi) is 7.26. The Hall–Kier alpha value is -6.14. The zero-order valence-electron chi connectivity index (χ0n) is 27.2. The van der Waals surface area contributed by atoms with Gasteiger partial charge in [0.1, 0.15) is 11.0 Å². The van der Waals surface area contributed by atoms with Crippen LogP contribution in [0, 0.1) is 27.7 Å². The van der Waals surface area contributed by atoms with E-state index in [0.717, 1.165) is 101 Å². The van der Waals surface area contributed by atoms with Crippen LogP contribution >= 0.6 is 0 Å². The molecule has 0 bridgehead atoms. The summed E-state index contributed by atoms with van der Waals surface area (Å²) < 4.78 is 0. The number of fused-ring (bicyclic) bond motifs is 2. The van der Waals surface area contributed by atoms with E-state index < -0.39 is 0 Å². The van der Waals surface area contributed by atoms with Crippen LogP contribution in [0.3, 0.4) is 0 Å². The lowest BCUT2D eigenvalue weighted by atomic mass is 9.98. The predicted molar refractivity (Wildman–Crippen MR) is 194 cm³/mol. The second kappa shape index (κ2) is 11.9. The smallest absolute Gasteiger partial charge is 0.111 e. The summed E-state index contributed by atoms with van der Waals surface area (Å²) in [6.07, 6.45) is 0. The molecule has 6 heteroatoms. The molecule has 8 rings (SSSR count). The number of rotatable bonds is 5. The van der Waals surface area contributed by atoms with Gasteiger partial charge in [0.05, 0.1) is 45.2 Å². The van der Waals surface area contributed by atoms with Crippen LogP contribution in [0.1, 0.15) is 22.8 Å². The molecule has 4 aromatic carbocycles. The maximum absolute atomic E-state index is 5.14. The van der Waals surface area contributed by atoms with Crippen molar-refractivity contribution in [2.75, 3.05) is 0 Å². The number of aromatic nitrogens is 6. The molecule has 4 aromatic heterocycles. The summed E-state index contributed by atoms with van der Waals surface area (Å²) in [6.45, 7) is 7.97. The van der Waals surface area contributed by atoms with Gasteiger partial charge in [0, 0.05) is 33.6 Å². The fourth-order valence-electron chi connectivity index (χ4n) is 6.36. The molecule has 0 atom stereocenters. The van der Waals surface area contributed by atoms with Crippen molar-refractivity contribution < 1.29 is 0 Å². The molecule has 8 aromatic rings. The standard InChI is InChI=1S/C42H32N6/c1-25-23-35-37(27(3)43-25)47-41(31-11-7-5-8-12-31)39(45-35)33-19-15-29(16-20-33)30-17-21-34(22-18-30)40-42(32-13-9-6-10-14-32)48-38-28(4)44-26(2)24-36(38)46-40/h5-24H,1-4H3. The van der Waals surface area contributed by atoms with Crippen LogP contribution in [-0.2, 0) is 0 Å². The van der Waals surface area contributed by atoms with Crippen molar-refractivity contribution in [2.24, 2.45) is 0 Å². The highest BCUT2D eigenvalue weighted by Crippen LogP contribution is 2.35. The van der Waals surface area contributed by atoms with Gasteiger partial charge in [-0.3, -0.25) is 9.97 Å². The Balaban J connectivity index is 1.18. The molecule has 0 saturated carbocycles. The van der Waals surface area contributed by atoms with E-state index in [2.05, 4.69) is 82.8 Å². The molecule has 0 fully saturated rings. The highest BCUT2D eigenvalue weighted by atomic mass is 14.9. The molecule has 0 aliphatic carbocycles. The summed E-state index contributed by atoms with van der Waals surface area (Å²) in [7, 11) is 0. The molecule has 0 radical (unpaired) electrons.